The molecule has 0 radical (unpaired) electrons. The van der Waals surface area contributed by atoms with E-state index in [1.165, 1.54) is 43.2 Å². The Labute approximate surface area is 128 Å². The second-order valence-electron chi connectivity index (χ2n) is 6.38. The van der Waals surface area contributed by atoms with Crippen LogP contribution >= 0.6 is 0 Å². The summed E-state index contributed by atoms with van der Waals surface area (Å²) in [7, 11) is 0. The molecule has 116 valence electrons. The lowest BCUT2D eigenvalue weighted by molar-refractivity contribution is 0.106. The van der Waals surface area contributed by atoms with Gasteiger partial charge in [0.25, 0.3) is 0 Å². The number of nitrogens with one attached hydrogen (secondary N) is 1. The summed E-state index contributed by atoms with van der Waals surface area (Å²) in [6, 6.07) is 8.55. The number of rotatable bonds is 4. The van der Waals surface area contributed by atoms with Crippen molar-refractivity contribution in [3.63, 3.8) is 0 Å². The van der Waals surface area contributed by atoms with Crippen LogP contribution in [0.1, 0.15) is 63.1 Å². The summed E-state index contributed by atoms with van der Waals surface area (Å²) in [6.07, 6.45) is 5.80. The van der Waals surface area contributed by atoms with E-state index in [1.807, 2.05) is 13.8 Å². The molecule has 1 N–H and O–H groups in total. The van der Waals surface area contributed by atoms with Gasteiger partial charge in [0.1, 0.15) is 0 Å². The van der Waals surface area contributed by atoms with E-state index in [2.05, 4.69) is 36.5 Å². The Morgan fingerprint density at radius 1 is 1.14 bits per heavy atom. The van der Waals surface area contributed by atoms with Gasteiger partial charge in [0.15, 0.2) is 0 Å². The van der Waals surface area contributed by atoms with Crippen LogP contribution in [0.5, 0.6) is 0 Å². The maximum absolute atomic E-state index is 12.0. The number of benzene rings is 1. The van der Waals surface area contributed by atoms with E-state index < -0.39 is 0 Å². The van der Waals surface area contributed by atoms with Crippen LogP contribution in [0.4, 0.5) is 4.79 Å². The first-order valence-electron chi connectivity index (χ1n) is 8.10. The maximum Gasteiger partial charge on any atom is 0.407 e. The van der Waals surface area contributed by atoms with E-state index in [0.29, 0.717) is 5.92 Å². The minimum absolute atomic E-state index is 0.0668. The standard InChI is InChI=1S/C18H27NO2/c1-13(2)21-18(20)19-17(15-7-5-4-6-8-15)16-11-9-14(3)10-12-16/h9-13,15,17H,4-8H2,1-3H3,(H,19,20). The van der Waals surface area contributed by atoms with Crippen molar-refractivity contribution in [3.8, 4) is 0 Å². The van der Waals surface area contributed by atoms with Gasteiger partial charge in [-0.05, 0) is 45.1 Å². The smallest absolute Gasteiger partial charge is 0.407 e. The molecule has 1 atom stereocenters. The first kappa shape index (κ1) is 15.9. The lowest BCUT2D eigenvalue weighted by Gasteiger charge is -2.31. The van der Waals surface area contributed by atoms with E-state index in [4.69, 9.17) is 4.74 Å². The molecule has 1 aromatic carbocycles. The number of ether oxygens (including phenoxy) is 1. The summed E-state index contributed by atoms with van der Waals surface area (Å²) in [5.41, 5.74) is 2.43. The van der Waals surface area contributed by atoms with Gasteiger partial charge in [-0.1, -0.05) is 49.1 Å². The first-order valence-corrected chi connectivity index (χ1v) is 8.10. The van der Waals surface area contributed by atoms with Gasteiger partial charge in [0.05, 0.1) is 12.1 Å². The van der Waals surface area contributed by atoms with Crippen molar-refractivity contribution in [1.29, 1.82) is 0 Å². The lowest BCUT2D eigenvalue weighted by Crippen LogP contribution is -2.35. The predicted molar refractivity (Wildman–Crippen MR) is 85.2 cm³/mol. The van der Waals surface area contributed by atoms with Crippen LogP contribution in [0.25, 0.3) is 0 Å². The van der Waals surface area contributed by atoms with Crippen molar-refractivity contribution in [3.05, 3.63) is 35.4 Å². The van der Waals surface area contributed by atoms with E-state index in [0.717, 1.165) is 0 Å². The Kier molecular flexibility index (Phi) is 5.66. The van der Waals surface area contributed by atoms with Crippen LogP contribution in [-0.2, 0) is 4.74 Å². The Morgan fingerprint density at radius 2 is 1.76 bits per heavy atom. The van der Waals surface area contributed by atoms with Crippen LogP contribution in [0.3, 0.4) is 0 Å². The molecule has 1 saturated carbocycles. The highest BCUT2D eigenvalue weighted by Crippen LogP contribution is 2.34. The lowest BCUT2D eigenvalue weighted by atomic mass is 9.81. The minimum atomic E-state index is -0.304. The van der Waals surface area contributed by atoms with Gasteiger partial charge < -0.3 is 10.1 Å². The summed E-state index contributed by atoms with van der Waals surface area (Å²) in [4.78, 5) is 12.0. The Balaban J connectivity index is 2.13. The fourth-order valence-electron chi connectivity index (χ4n) is 3.09. The third kappa shape index (κ3) is 4.76. The average molecular weight is 289 g/mol. The molecule has 0 heterocycles. The van der Waals surface area contributed by atoms with Gasteiger partial charge in [-0.3, -0.25) is 0 Å². The van der Waals surface area contributed by atoms with Crippen molar-refractivity contribution in [2.45, 2.75) is 65.0 Å². The summed E-state index contributed by atoms with van der Waals surface area (Å²) in [5.74, 6) is 0.515. The number of amides is 1. The summed E-state index contributed by atoms with van der Waals surface area (Å²) >= 11 is 0. The average Bonchev–Trinajstić information content (AvgIpc) is 2.46. The molecule has 1 aromatic rings. The highest BCUT2D eigenvalue weighted by Gasteiger charge is 2.27. The van der Waals surface area contributed by atoms with Crippen LogP contribution in [0, 0.1) is 12.8 Å². The van der Waals surface area contributed by atoms with Crippen LogP contribution in [-0.4, -0.2) is 12.2 Å². The van der Waals surface area contributed by atoms with Gasteiger partial charge in [-0.25, -0.2) is 4.79 Å². The van der Waals surface area contributed by atoms with Gasteiger partial charge >= 0.3 is 6.09 Å². The molecule has 3 nitrogen and oxygen atoms in total. The van der Waals surface area contributed by atoms with E-state index in [-0.39, 0.29) is 18.2 Å². The second-order valence-corrected chi connectivity index (χ2v) is 6.38. The molecular formula is C18H27NO2. The monoisotopic (exact) mass is 289 g/mol. The predicted octanol–water partition coefficient (Wildman–Crippen LogP) is 4.75. The molecule has 0 saturated heterocycles. The molecule has 1 amide bonds. The van der Waals surface area contributed by atoms with Gasteiger partial charge in [-0.2, -0.15) is 0 Å². The SMILES string of the molecule is Cc1ccc(C(NC(=O)OC(C)C)C2CCCCC2)cc1. The van der Waals surface area contributed by atoms with Crippen molar-refractivity contribution in [2.75, 3.05) is 0 Å². The number of aryl methyl sites for hydroxylation is 1. The van der Waals surface area contributed by atoms with Crippen molar-refractivity contribution < 1.29 is 9.53 Å². The molecule has 1 aliphatic carbocycles. The molecule has 2 rings (SSSR count). The summed E-state index contributed by atoms with van der Waals surface area (Å²) in [5, 5.41) is 3.09. The van der Waals surface area contributed by atoms with Crippen LogP contribution in [0.15, 0.2) is 24.3 Å². The Bertz CT molecular complexity index is 447. The molecule has 0 bridgehead atoms. The third-order valence-electron chi connectivity index (χ3n) is 4.17. The molecule has 1 unspecified atom stereocenters. The second kappa shape index (κ2) is 7.48. The van der Waals surface area contributed by atoms with Crippen molar-refractivity contribution in [2.24, 2.45) is 5.92 Å². The molecule has 1 aliphatic rings. The molecule has 21 heavy (non-hydrogen) atoms. The van der Waals surface area contributed by atoms with Crippen molar-refractivity contribution in [1.82, 2.24) is 5.32 Å². The zero-order valence-electron chi connectivity index (χ0n) is 13.4. The fraction of sp³-hybridized carbons (Fsp3) is 0.611. The zero-order valence-corrected chi connectivity index (χ0v) is 13.4. The normalized spacial score (nSPS) is 17.5. The zero-order chi connectivity index (χ0) is 15.2. The molecular weight excluding hydrogens is 262 g/mol. The first-order chi connectivity index (χ1) is 10.1. The van der Waals surface area contributed by atoms with Crippen LogP contribution < -0.4 is 5.32 Å². The van der Waals surface area contributed by atoms with E-state index in [9.17, 15) is 4.79 Å². The number of carbonyl (C=O) groups is 1. The number of hydrogen-bond acceptors (Lipinski definition) is 2. The Morgan fingerprint density at radius 3 is 2.33 bits per heavy atom. The molecule has 0 spiro atoms. The summed E-state index contributed by atoms with van der Waals surface area (Å²) < 4.78 is 5.27. The highest BCUT2D eigenvalue weighted by atomic mass is 16.6. The number of alkyl carbamates (subject to hydrolysis) is 1. The largest absolute Gasteiger partial charge is 0.447 e. The van der Waals surface area contributed by atoms with Gasteiger partial charge in [0.2, 0.25) is 0 Å². The third-order valence-corrected chi connectivity index (χ3v) is 4.17. The van der Waals surface area contributed by atoms with E-state index in [1.54, 1.807) is 0 Å². The van der Waals surface area contributed by atoms with Gasteiger partial charge in [0, 0.05) is 0 Å². The molecule has 0 aliphatic heterocycles. The fourth-order valence-corrected chi connectivity index (χ4v) is 3.09. The minimum Gasteiger partial charge on any atom is -0.447 e. The van der Waals surface area contributed by atoms with Crippen LogP contribution in [0.2, 0.25) is 0 Å². The molecule has 1 fully saturated rings. The molecule has 0 aromatic heterocycles. The number of carbonyl (C=O) groups excluding carboxylic acids is 1. The van der Waals surface area contributed by atoms with E-state index >= 15 is 0 Å². The van der Waals surface area contributed by atoms with Crippen molar-refractivity contribution >= 4 is 6.09 Å². The quantitative estimate of drug-likeness (QED) is 0.868. The van der Waals surface area contributed by atoms with Gasteiger partial charge in [-0.15, -0.1) is 0 Å². The maximum atomic E-state index is 12.0. The number of hydrogen-bond donors (Lipinski definition) is 1. The topological polar surface area (TPSA) is 38.3 Å². The summed E-state index contributed by atoms with van der Waals surface area (Å²) in [6.45, 7) is 5.84. The Hall–Kier alpha value is -1.51. The highest BCUT2D eigenvalue weighted by molar-refractivity contribution is 5.68. The molecule has 3 heteroatoms.